The number of aromatic nitrogens is 1. The summed E-state index contributed by atoms with van der Waals surface area (Å²) in [5.74, 6) is 0.806. The summed E-state index contributed by atoms with van der Waals surface area (Å²) >= 11 is 1.18. The smallest absolute Gasteiger partial charge is 0.267 e. The van der Waals surface area contributed by atoms with E-state index in [4.69, 9.17) is 10.5 Å². The number of nitrogens with two attached hydrogens (primary N) is 1. The molecule has 0 radical (unpaired) electrons. The van der Waals surface area contributed by atoms with E-state index in [2.05, 4.69) is 9.27 Å². The number of rotatable bonds is 4. The van der Waals surface area contributed by atoms with Gasteiger partial charge in [-0.15, -0.1) is 0 Å². The molecule has 2 heterocycles. The molecule has 1 saturated heterocycles. The lowest BCUT2D eigenvalue weighted by molar-refractivity contribution is 0.0752. The third-order valence-corrected chi connectivity index (χ3v) is 6.10. The maximum absolute atomic E-state index is 13.0. The highest BCUT2D eigenvalue weighted by molar-refractivity contribution is 7.09. The van der Waals surface area contributed by atoms with Gasteiger partial charge in [-0.25, -0.2) is 0 Å². The number of nitrogen functional groups attached to an aromatic ring is 1. The summed E-state index contributed by atoms with van der Waals surface area (Å²) in [4.78, 5) is 17.7. The predicted octanol–water partition coefficient (Wildman–Crippen LogP) is 3.67. The molecule has 1 aliphatic rings. The zero-order valence-corrected chi connectivity index (χ0v) is 17.4. The average molecular weight is 409 g/mol. The molecule has 2 N–H and O–H groups in total. The van der Waals surface area contributed by atoms with Gasteiger partial charge in [0.05, 0.1) is 12.8 Å². The fourth-order valence-corrected chi connectivity index (χ4v) is 4.26. The Kier molecular flexibility index (Phi) is 5.40. The number of anilines is 2. The van der Waals surface area contributed by atoms with Crippen molar-refractivity contribution in [3.63, 3.8) is 0 Å². The zero-order valence-electron chi connectivity index (χ0n) is 16.6. The Hall–Kier alpha value is -3.06. The van der Waals surface area contributed by atoms with Gasteiger partial charge >= 0.3 is 0 Å². The van der Waals surface area contributed by atoms with Crippen molar-refractivity contribution in [1.29, 1.82) is 0 Å². The first-order valence-electron chi connectivity index (χ1n) is 9.57. The Bertz CT molecular complexity index is 991. The van der Waals surface area contributed by atoms with Crippen LogP contribution in [0.5, 0.6) is 5.75 Å². The minimum atomic E-state index is -0.0345. The van der Waals surface area contributed by atoms with Crippen molar-refractivity contribution in [3.05, 3.63) is 59.0 Å². The number of amides is 1. The fraction of sp³-hybridized carbons (Fsp3) is 0.273. The first-order valence-corrected chi connectivity index (χ1v) is 10.3. The summed E-state index contributed by atoms with van der Waals surface area (Å²) in [5.41, 5.74) is 10.7. The Balaban J connectivity index is 1.44. The van der Waals surface area contributed by atoms with E-state index < -0.39 is 0 Å². The number of piperazine rings is 1. The molecular formula is C22H24N4O2S. The van der Waals surface area contributed by atoms with Crippen LogP contribution in [0.1, 0.15) is 15.2 Å². The second kappa shape index (κ2) is 8.13. The van der Waals surface area contributed by atoms with Gasteiger partial charge in [0.15, 0.2) is 0 Å². The van der Waals surface area contributed by atoms with Gasteiger partial charge in [-0.2, -0.15) is 4.37 Å². The van der Waals surface area contributed by atoms with Crippen LogP contribution in [0.4, 0.5) is 11.4 Å². The molecule has 1 aliphatic heterocycles. The monoisotopic (exact) mass is 408 g/mol. The summed E-state index contributed by atoms with van der Waals surface area (Å²) in [6.45, 7) is 4.90. The number of aryl methyl sites for hydroxylation is 1. The zero-order chi connectivity index (χ0) is 20.4. The van der Waals surface area contributed by atoms with Gasteiger partial charge in [0.25, 0.3) is 5.91 Å². The van der Waals surface area contributed by atoms with Crippen LogP contribution < -0.4 is 15.4 Å². The van der Waals surface area contributed by atoms with Crippen LogP contribution in [0.25, 0.3) is 11.3 Å². The standard InChI is InChI=1S/C22H24N4O2S/c1-15-3-5-16(6-4-15)20-19(23)21(29-24-20)22(27)26-13-11-25(12-14-26)17-7-9-18(28-2)10-8-17/h3-10H,11-14,23H2,1-2H3. The third kappa shape index (κ3) is 3.91. The van der Waals surface area contributed by atoms with Crippen LogP contribution in [0, 0.1) is 6.92 Å². The maximum Gasteiger partial charge on any atom is 0.267 e. The topological polar surface area (TPSA) is 71.7 Å². The number of nitrogens with zero attached hydrogens (tertiary/aromatic N) is 3. The van der Waals surface area contributed by atoms with E-state index in [1.165, 1.54) is 17.1 Å². The molecule has 2 aromatic carbocycles. The molecule has 0 atom stereocenters. The van der Waals surface area contributed by atoms with Crippen molar-refractivity contribution in [2.45, 2.75) is 6.92 Å². The normalized spacial score (nSPS) is 14.1. The Morgan fingerprint density at radius 2 is 1.69 bits per heavy atom. The van der Waals surface area contributed by atoms with E-state index in [0.29, 0.717) is 29.3 Å². The lowest BCUT2D eigenvalue weighted by Gasteiger charge is -2.36. The van der Waals surface area contributed by atoms with Gasteiger partial charge in [0, 0.05) is 37.4 Å². The van der Waals surface area contributed by atoms with Crippen molar-refractivity contribution < 1.29 is 9.53 Å². The lowest BCUT2D eigenvalue weighted by atomic mass is 10.1. The van der Waals surface area contributed by atoms with Crippen molar-refractivity contribution in [3.8, 4) is 17.0 Å². The van der Waals surface area contributed by atoms with Gasteiger partial charge < -0.3 is 20.3 Å². The number of carbonyl (C=O) groups excluding carboxylic acids is 1. The molecule has 0 aliphatic carbocycles. The molecule has 0 bridgehead atoms. The number of methoxy groups -OCH3 is 1. The van der Waals surface area contributed by atoms with Crippen molar-refractivity contribution in [2.24, 2.45) is 0 Å². The van der Waals surface area contributed by atoms with Crippen LogP contribution in [-0.2, 0) is 0 Å². The van der Waals surface area contributed by atoms with E-state index in [1.807, 2.05) is 60.4 Å². The second-order valence-electron chi connectivity index (χ2n) is 7.12. The summed E-state index contributed by atoms with van der Waals surface area (Å²) in [7, 11) is 1.66. The molecule has 1 aromatic heterocycles. The van der Waals surface area contributed by atoms with Crippen LogP contribution >= 0.6 is 11.5 Å². The molecule has 7 heteroatoms. The molecule has 4 rings (SSSR count). The highest BCUT2D eigenvalue weighted by Gasteiger charge is 2.26. The van der Waals surface area contributed by atoms with Crippen LogP contribution in [-0.4, -0.2) is 48.5 Å². The summed E-state index contributed by atoms with van der Waals surface area (Å²) in [6.07, 6.45) is 0. The largest absolute Gasteiger partial charge is 0.497 e. The number of ether oxygens (including phenoxy) is 1. The molecule has 6 nitrogen and oxygen atoms in total. The van der Waals surface area contributed by atoms with Crippen LogP contribution in [0.2, 0.25) is 0 Å². The van der Waals surface area contributed by atoms with Crippen molar-refractivity contribution >= 4 is 28.8 Å². The molecule has 1 fully saturated rings. The van der Waals surface area contributed by atoms with E-state index in [0.717, 1.165) is 30.1 Å². The number of hydrogen-bond acceptors (Lipinski definition) is 6. The quantitative estimate of drug-likeness (QED) is 0.713. The third-order valence-electron chi connectivity index (χ3n) is 5.25. The SMILES string of the molecule is COc1ccc(N2CCN(C(=O)c3snc(-c4ccc(C)cc4)c3N)CC2)cc1. The predicted molar refractivity (Wildman–Crippen MR) is 118 cm³/mol. The van der Waals surface area contributed by atoms with Gasteiger partial charge in [-0.3, -0.25) is 4.79 Å². The molecule has 1 amide bonds. The van der Waals surface area contributed by atoms with Gasteiger partial charge in [-0.1, -0.05) is 29.8 Å². The Labute approximate surface area is 174 Å². The number of benzene rings is 2. The molecule has 3 aromatic rings. The molecule has 150 valence electrons. The molecule has 0 saturated carbocycles. The minimum Gasteiger partial charge on any atom is -0.497 e. The second-order valence-corrected chi connectivity index (χ2v) is 7.89. The van der Waals surface area contributed by atoms with Crippen molar-refractivity contribution in [1.82, 2.24) is 9.27 Å². The Morgan fingerprint density at radius 1 is 1.03 bits per heavy atom. The first kappa shape index (κ1) is 19.3. The first-order chi connectivity index (χ1) is 14.1. The van der Waals surface area contributed by atoms with Gasteiger partial charge in [0.2, 0.25) is 0 Å². The summed E-state index contributed by atoms with van der Waals surface area (Å²) in [6, 6.07) is 16.0. The van der Waals surface area contributed by atoms with Gasteiger partial charge in [0.1, 0.15) is 16.3 Å². The van der Waals surface area contributed by atoms with E-state index in [-0.39, 0.29) is 5.91 Å². The Morgan fingerprint density at radius 3 is 2.31 bits per heavy atom. The van der Waals surface area contributed by atoms with E-state index >= 15 is 0 Å². The van der Waals surface area contributed by atoms with Crippen LogP contribution in [0.15, 0.2) is 48.5 Å². The maximum atomic E-state index is 13.0. The van der Waals surface area contributed by atoms with Gasteiger partial charge in [-0.05, 0) is 42.7 Å². The van der Waals surface area contributed by atoms with E-state index in [1.54, 1.807) is 7.11 Å². The molecule has 0 spiro atoms. The number of carbonyl (C=O) groups is 1. The van der Waals surface area contributed by atoms with Crippen molar-refractivity contribution in [2.75, 3.05) is 43.9 Å². The van der Waals surface area contributed by atoms with E-state index in [9.17, 15) is 4.79 Å². The number of hydrogen-bond donors (Lipinski definition) is 1. The summed E-state index contributed by atoms with van der Waals surface area (Å²) < 4.78 is 9.67. The fourth-order valence-electron chi connectivity index (χ4n) is 3.48. The average Bonchev–Trinajstić information content (AvgIpc) is 3.15. The molecule has 29 heavy (non-hydrogen) atoms. The molecular weight excluding hydrogens is 384 g/mol. The van der Waals surface area contributed by atoms with Crippen LogP contribution in [0.3, 0.4) is 0 Å². The highest BCUT2D eigenvalue weighted by Crippen LogP contribution is 2.32. The molecule has 0 unspecified atom stereocenters. The minimum absolute atomic E-state index is 0.0345. The highest BCUT2D eigenvalue weighted by atomic mass is 32.1. The summed E-state index contributed by atoms with van der Waals surface area (Å²) in [5, 5.41) is 0. The lowest BCUT2D eigenvalue weighted by Crippen LogP contribution is -2.48.